The van der Waals surface area contributed by atoms with Gasteiger partial charge in [0.25, 0.3) is 0 Å². The first kappa shape index (κ1) is 15.7. The zero-order valence-corrected chi connectivity index (χ0v) is 12.6. The van der Waals surface area contributed by atoms with Crippen LogP contribution in [0.2, 0.25) is 0 Å². The lowest BCUT2D eigenvalue weighted by molar-refractivity contribution is 0.123. The van der Waals surface area contributed by atoms with E-state index in [1.165, 1.54) is 4.90 Å². The van der Waals surface area contributed by atoms with Gasteiger partial charge in [-0.05, 0) is 46.5 Å². The molecule has 1 aromatic heterocycles. The Morgan fingerprint density at radius 1 is 1.68 bits per heavy atom. The first-order valence-electron chi connectivity index (χ1n) is 6.32. The van der Waals surface area contributed by atoms with Crippen molar-refractivity contribution in [2.75, 3.05) is 6.54 Å². The summed E-state index contributed by atoms with van der Waals surface area (Å²) in [5.41, 5.74) is 0.931. The van der Waals surface area contributed by atoms with E-state index in [2.05, 4.69) is 27.5 Å². The molecule has 0 aliphatic carbocycles. The minimum atomic E-state index is -0.895. The Hall–Kier alpha value is -1.36. The molecule has 0 aromatic carbocycles. The summed E-state index contributed by atoms with van der Waals surface area (Å²) in [4.78, 5) is 17.0. The molecule has 0 bridgehead atoms. The van der Waals surface area contributed by atoms with Crippen LogP contribution in [0.15, 0.2) is 35.6 Å². The Kier molecular flexibility index (Phi) is 6.56. The summed E-state index contributed by atoms with van der Waals surface area (Å²) in [5, 5.41) is 9.39. The molecule has 0 aliphatic rings. The number of hydrogen-bond acceptors (Lipinski definition) is 2. The van der Waals surface area contributed by atoms with Crippen molar-refractivity contribution in [3.8, 4) is 0 Å². The third-order valence-electron chi connectivity index (χ3n) is 2.90. The molecule has 0 fully saturated rings. The fraction of sp³-hybridized carbons (Fsp3) is 0.429. The van der Waals surface area contributed by atoms with Gasteiger partial charge in [-0.15, -0.1) is 6.58 Å². The summed E-state index contributed by atoms with van der Waals surface area (Å²) in [6, 6.07) is 3.50. The van der Waals surface area contributed by atoms with Crippen LogP contribution in [-0.2, 0) is 0 Å². The van der Waals surface area contributed by atoms with E-state index in [4.69, 9.17) is 0 Å². The lowest BCUT2D eigenvalue weighted by Crippen LogP contribution is -2.34. The van der Waals surface area contributed by atoms with Gasteiger partial charge in [-0.25, -0.2) is 9.78 Å². The first-order valence-corrected chi connectivity index (χ1v) is 7.11. The lowest BCUT2D eigenvalue weighted by atomic mass is 10.0. The maximum absolute atomic E-state index is 11.4. The quantitative estimate of drug-likeness (QED) is 0.602. The first-order chi connectivity index (χ1) is 9.10. The SMILES string of the molecule is C=CC[C@@H](c1ccnc(Br)c1)N(CCCC)C(=O)O. The monoisotopic (exact) mass is 326 g/mol. The molecule has 4 nitrogen and oxygen atoms in total. The van der Waals surface area contributed by atoms with Crippen LogP contribution in [0.1, 0.15) is 37.8 Å². The molecule has 1 amide bonds. The van der Waals surface area contributed by atoms with Gasteiger partial charge in [-0.1, -0.05) is 19.4 Å². The van der Waals surface area contributed by atoms with Gasteiger partial charge in [0.05, 0.1) is 6.04 Å². The van der Waals surface area contributed by atoms with E-state index in [9.17, 15) is 9.90 Å². The van der Waals surface area contributed by atoms with Crippen LogP contribution in [0.5, 0.6) is 0 Å². The van der Waals surface area contributed by atoms with Crippen LogP contribution >= 0.6 is 15.9 Å². The molecule has 1 aromatic rings. The summed E-state index contributed by atoms with van der Waals surface area (Å²) in [7, 11) is 0. The number of pyridine rings is 1. The zero-order chi connectivity index (χ0) is 14.3. The normalized spacial score (nSPS) is 11.9. The Labute approximate surface area is 122 Å². The molecule has 1 rings (SSSR count). The Morgan fingerprint density at radius 2 is 2.42 bits per heavy atom. The van der Waals surface area contributed by atoms with E-state index < -0.39 is 6.09 Å². The second-order valence-electron chi connectivity index (χ2n) is 4.28. The van der Waals surface area contributed by atoms with E-state index in [0.29, 0.717) is 17.6 Å². The van der Waals surface area contributed by atoms with Gasteiger partial charge < -0.3 is 10.0 Å². The number of nitrogens with zero attached hydrogens (tertiary/aromatic N) is 2. The third kappa shape index (κ3) is 4.67. The summed E-state index contributed by atoms with van der Waals surface area (Å²) in [6.45, 7) is 6.30. The summed E-state index contributed by atoms with van der Waals surface area (Å²) < 4.78 is 0.708. The molecule has 0 radical (unpaired) electrons. The van der Waals surface area contributed by atoms with Crippen molar-refractivity contribution in [1.29, 1.82) is 0 Å². The van der Waals surface area contributed by atoms with Gasteiger partial charge >= 0.3 is 6.09 Å². The maximum Gasteiger partial charge on any atom is 0.407 e. The molecule has 1 heterocycles. The predicted molar refractivity (Wildman–Crippen MR) is 79.1 cm³/mol. The Balaban J connectivity index is 3.01. The van der Waals surface area contributed by atoms with Gasteiger partial charge in [0.15, 0.2) is 0 Å². The number of carbonyl (C=O) groups is 1. The fourth-order valence-corrected chi connectivity index (χ4v) is 2.32. The molecule has 0 aliphatic heterocycles. The van der Waals surface area contributed by atoms with E-state index in [-0.39, 0.29) is 6.04 Å². The molecule has 0 spiro atoms. The Bertz CT molecular complexity index is 437. The average Bonchev–Trinajstić information content (AvgIpc) is 2.37. The molecular formula is C14H19BrN2O2. The van der Waals surface area contributed by atoms with Crippen LogP contribution in [-0.4, -0.2) is 27.6 Å². The van der Waals surface area contributed by atoms with Crippen LogP contribution in [0.3, 0.4) is 0 Å². The molecule has 104 valence electrons. The van der Waals surface area contributed by atoms with Crippen molar-refractivity contribution in [1.82, 2.24) is 9.88 Å². The zero-order valence-electron chi connectivity index (χ0n) is 11.1. The van der Waals surface area contributed by atoms with Crippen molar-refractivity contribution < 1.29 is 9.90 Å². The van der Waals surface area contributed by atoms with Crippen molar-refractivity contribution in [3.63, 3.8) is 0 Å². The minimum absolute atomic E-state index is 0.208. The summed E-state index contributed by atoms with van der Waals surface area (Å²) in [5.74, 6) is 0. The predicted octanol–water partition coefficient (Wildman–Crippen LogP) is 4.24. The standard InChI is InChI=1S/C14H19BrN2O2/c1-3-5-9-17(14(18)19)12(6-4-2)11-7-8-16-13(15)10-11/h4,7-8,10,12H,2-3,5-6,9H2,1H3,(H,18,19)/t12-/m0/s1. The molecule has 19 heavy (non-hydrogen) atoms. The smallest absolute Gasteiger partial charge is 0.407 e. The van der Waals surface area contributed by atoms with E-state index in [1.54, 1.807) is 12.3 Å². The van der Waals surface area contributed by atoms with Crippen molar-refractivity contribution >= 4 is 22.0 Å². The van der Waals surface area contributed by atoms with Crippen molar-refractivity contribution in [3.05, 3.63) is 41.2 Å². The molecule has 1 N–H and O–H groups in total. The number of unbranched alkanes of at least 4 members (excludes halogenated alkanes) is 1. The molecule has 5 heteroatoms. The highest BCUT2D eigenvalue weighted by atomic mass is 79.9. The summed E-state index contributed by atoms with van der Waals surface area (Å²) >= 11 is 3.32. The van der Waals surface area contributed by atoms with Crippen molar-refractivity contribution in [2.45, 2.75) is 32.2 Å². The molecule has 0 unspecified atom stereocenters. The minimum Gasteiger partial charge on any atom is -0.465 e. The largest absolute Gasteiger partial charge is 0.465 e. The lowest BCUT2D eigenvalue weighted by Gasteiger charge is -2.29. The van der Waals surface area contributed by atoms with Crippen LogP contribution in [0, 0.1) is 0 Å². The number of hydrogen-bond donors (Lipinski definition) is 1. The number of amides is 1. The molecule has 1 atom stereocenters. The topological polar surface area (TPSA) is 53.4 Å². The van der Waals surface area contributed by atoms with Gasteiger partial charge in [-0.2, -0.15) is 0 Å². The summed E-state index contributed by atoms with van der Waals surface area (Å²) in [6.07, 6.45) is 4.94. The fourth-order valence-electron chi connectivity index (χ4n) is 1.94. The van der Waals surface area contributed by atoms with E-state index in [1.807, 2.05) is 19.1 Å². The van der Waals surface area contributed by atoms with Gasteiger partial charge in [0, 0.05) is 12.7 Å². The van der Waals surface area contributed by atoms with E-state index >= 15 is 0 Å². The average molecular weight is 327 g/mol. The molecular weight excluding hydrogens is 308 g/mol. The molecule has 0 saturated heterocycles. The second-order valence-corrected chi connectivity index (χ2v) is 5.09. The highest BCUT2D eigenvalue weighted by molar-refractivity contribution is 9.10. The highest BCUT2D eigenvalue weighted by Gasteiger charge is 2.23. The number of halogens is 1. The highest BCUT2D eigenvalue weighted by Crippen LogP contribution is 2.26. The second kappa shape index (κ2) is 7.94. The van der Waals surface area contributed by atoms with Crippen LogP contribution < -0.4 is 0 Å². The third-order valence-corrected chi connectivity index (χ3v) is 3.33. The number of carboxylic acid groups (broad SMARTS) is 1. The van der Waals surface area contributed by atoms with E-state index in [0.717, 1.165) is 18.4 Å². The van der Waals surface area contributed by atoms with Crippen molar-refractivity contribution in [2.24, 2.45) is 0 Å². The van der Waals surface area contributed by atoms with Gasteiger partial charge in [0.2, 0.25) is 0 Å². The number of aromatic nitrogens is 1. The van der Waals surface area contributed by atoms with Crippen LogP contribution in [0.25, 0.3) is 0 Å². The van der Waals surface area contributed by atoms with Gasteiger partial charge in [0.1, 0.15) is 4.60 Å². The van der Waals surface area contributed by atoms with Gasteiger partial charge in [-0.3, -0.25) is 0 Å². The molecule has 0 saturated carbocycles. The maximum atomic E-state index is 11.4. The number of rotatable bonds is 7. The Morgan fingerprint density at radius 3 is 2.95 bits per heavy atom. The van der Waals surface area contributed by atoms with Crippen LogP contribution in [0.4, 0.5) is 4.79 Å².